The number of allylic oxidation sites excluding steroid dienone is 4. The van der Waals surface area contributed by atoms with Gasteiger partial charge in [0.2, 0.25) is 0 Å². The number of aliphatic hydroxyl groups is 1. The minimum atomic E-state index is -0.498. The molecule has 4 aliphatic carbocycles. The number of ketones is 1. The smallest absolute Gasteiger partial charge is 0.178 e. The highest BCUT2D eigenvalue weighted by atomic mass is 16.3. The summed E-state index contributed by atoms with van der Waals surface area (Å²) in [6.45, 7) is 6.54. The van der Waals surface area contributed by atoms with Crippen molar-refractivity contribution < 1.29 is 9.90 Å². The van der Waals surface area contributed by atoms with Crippen LogP contribution in [0.2, 0.25) is 0 Å². The van der Waals surface area contributed by atoms with Crippen molar-refractivity contribution >= 4 is 5.78 Å². The maximum Gasteiger partial charge on any atom is 0.178 e. The molecule has 0 saturated heterocycles. The van der Waals surface area contributed by atoms with Crippen molar-refractivity contribution in [1.82, 2.24) is 0 Å². The van der Waals surface area contributed by atoms with Crippen molar-refractivity contribution in [2.45, 2.75) is 64.9 Å². The molecule has 4 rings (SSSR count). The van der Waals surface area contributed by atoms with Gasteiger partial charge in [-0.3, -0.25) is 4.79 Å². The predicted molar refractivity (Wildman–Crippen MR) is 87.2 cm³/mol. The van der Waals surface area contributed by atoms with Crippen molar-refractivity contribution in [3.05, 3.63) is 23.8 Å². The SMILES string of the molecule is CC1=CC(=O)C=CC12CC[C@@H]1[C@H]2CC[C@@]2(C)[C@H]1CCC2(C)O. The molecule has 22 heavy (non-hydrogen) atoms. The lowest BCUT2D eigenvalue weighted by molar-refractivity contribution is -0.110. The summed E-state index contributed by atoms with van der Waals surface area (Å²) in [5, 5.41) is 10.9. The van der Waals surface area contributed by atoms with Gasteiger partial charge in [0.1, 0.15) is 0 Å². The Hall–Kier alpha value is -0.890. The average Bonchev–Trinajstić information content (AvgIpc) is 2.92. The predicted octanol–water partition coefficient (Wildman–Crippen LogP) is 4.05. The van der Waals surface area contributed by atoms with Crippen LogP contribution in [0, 0.1) is 28.6 Å². The van der Waals surface area contributed by atoms with Crippen LogP contribution in [0.5, 0.6) is 0 Å². The van der Waals surface area contributed by atoms with Crippen molar-refractivity contribution in [3.63, 3.8) is 0 Å². The van der Waals surface area contributed by atoms with Gasteiger partial charge in [0.15, 0.2) is 5.78 Å². The van der Waals surface area contributed by atoms with E-state index in [1.165, 1.54) is 31.3 Å². The third-order valence-electron chi connectivity index (χ3n) is 8.19. The highest BCUT2D eigenvalue weighted by Gasteiger charge is 2.63. The van der Waals surface area contributed by atoms with Crippen molar-refractivity contribution in [3.8, 4) is 0 Å². The molecule has 0 amide bonds. The summed E-state index contributed by atoms with van der Waals surface area (Å²) < 4.78 is 0. The summed E-state index contributed by atoms with van der Waals surface area (Å²) in [5.74, 6) is 2.18. The molecule has 120 valence electrons. The molecule has 6 atom stereocenters. The van der Waals surface area contributed by atoms with Crippen LogP contribution in [0.3, 0.4) is 0 Å². The molecule has 3 fully saturated rings. The van der Waals surface area contributed by atoms with Crippen LogP contribution in [0.1, 0.15) is 59.3 Å². The van der Waals surface area contributed by atoms with Gasteiger partial charge in [0.25, 0.3) is 0 Å². The van der Waals surface area contributed by atoms with Crippen LogP contribution in [0.25, 0.3) is 0 Å². The number of hydrogen-bond donors (Lipinski definition) is 1. The fourth-order valence-corrected chi connectivity index (χ4v) is 6.62. The molecule has 0 aromatic carbocycles. The van der Waals surface area contributed by atoms with Gasteiger partial charge in [-0.25, -0.2) is 0 Å². The molecule has 2 heteroatoms. The van der Waals surface area contributed by atoms with Crippen LogP contribution in [-0.4, -0.2) is 16.5 Å². The van der Waals surface area contributed by atoms with Crippen molar-refractivity contribution in [2.24, 2.45) is 28.6 Å². The van der Waals surface area contributed by atoms with E-state index in [-0.39, 0.29) is 16.6 Å². The lowest BCUT2D eigenvalue weighted by atomic mass is 9.54. The Morgan fingerprint density at radius 3 is 2.55 bits per heavy atom. The molecule has 2 nitrogen and oxygen atoms in total. The lowest BCUT2D eigenvalue weighted by Gasteiger charge is -2.52. The van der Waals surface area contributed by atoms with Crippen LogP contribution in [0.15, 0.2) is 23.8 Å². The molecule has 0 bridgehead atoms. The molecule has 3 saturated carbocycles. The standard InChI is InChI=1S/C20H28O2/c1-13-12-14(21)4-10-20(13)11-5-15-16-7-9-19(3,22)18(16,2)8-6-17(15)20/h4,10,12,15-17,22H,5-9,11H2,1-3H3/t15-,16-,17+,18-,19?,20?/m0/s1. The first-order valence-electron chi connectivity index (χ1n) is 8.95. The second-order valence-electron chi connectivity index (χ2n) is 8.79. The number of carbonyl (C=O) groups excluding carboxylic acids is 1. The summed E-state index contributed by atoms with van der Waals surface area (Å²) in [5.41, 5.74) is 1.00. The molecular weight excluding hydrogens is 272 g/mol. The summed E-state index contributed by atoms with van der Waals surface area (Å²) in [4.78, 5) is 11.7. The quantitative estimate of drug-likeness (QED) is 0.733. The summed E-state index contributed by atoms with van der Waals surface area (Å²) in [6, 6.07) is 0. The maximum absolute atomic E-state index is 11.7. The number of hydrogen-bond acceptors (Lipinski definition) is 2. The Morgan fingerprint density at radius 2 is 1.82 bits per heavy atom. The van der Waals surface area contributed by atoms with Gasteiger partial charge in [-0.05, 0) is 87.7 Å². The normalized spacial score (nSPS) is 53.5. The fraction of sp³-hybridized carbons (Fsp3) is 0.750. The number of carbonyl (C=O) groups is 1. The lowest BCUT2D eigenvalue weighted by Crippen LogP contribution is -2.49. The summed E-state index contributed by atoms with van der Waals surface area (Å²) in [6.07, 6.45) is 12.8. The summed E-state index contributed by atoms with van der Waals surface area (Å²) >= 11 is 0. The molecule has 2 unspecified atom stereocenters. The first kappa shape index (κ1) is 14.7. The van der Waals surface area contributed by atoms with E-state index in [1.807, 2.05) is 6.08 Å². The molecule has 0 radical (unpaired) electrons. The first-order valence-corrected chi connectivity index (χ1v) is 8.95. The van der Waals surface area contributed by atoms with E-state index in [4.69, 9.17) is 0 Å². The highest BCUT2D eigenvalue weighted by Crippen LogP contribution is 2.68. The van der Waals surface area contributed by atoms with Gasteiger partial charge >= 0.3 is 0 Å². The van der Waals surface area contributed by atoms with Crippen LogP contribution in [-0.2, 0) is 4.79 Å². The monoisotopic (exact) mass is 300 g/mol. The Bertz CT molecular complexity index is 585. The maximum atomic E-state index is 11.7. The Balaban J connectivity index is 1.70. The van der Waals surface area contributed by atoms with Crippen LogP contribution < -0.4 is 0 Å². The Labute approximate surface area is 133 Å². The zero-order valence-corrected chi connectivity index (χ0v) is 14.1. The largest absolute Gasteiger partial charge is 0.390 e. The number of rotatable bonds is 0. The van der Waals surface area contributed by atoms with E-state index in [1.54, 1.807) is 6.08 Å². The molecule has 0 aromatic heterocycles. The second-order valence-corrected chi connectivity index (χ2v) is 8.79. The molecule has 1 spiro atoms. The highest BCUT2D eigenvalue weighted by molar-refractivity contribution is 6.01. The zero-order chi connectivity index (χ0) is 15.8. The number of fused-ring (bicyclic) bond motifs is 4. The van der Waals surface area contributed by atoms with Crippen molar-refractivity contribution in [2.75, 3.05) is 0 Å². The van der Waals surface area contributed by atoms with E-state index in [2.05, 4.69) is 26.8 Å². The van der Waals surface area contributed by atoms with E-state index in [0.29, 0.717) is 17.8 Å². The molecule has 0 aromatic rings. The molecule has 4 aliphatic rings. The van der Waals surface area contributed by atoms with E-state index in [9.17, 15) is 9.90 Å². The average molecular weight is 300 g/mol. The molecule has 0 aliphatic heterocycles. The topological polar surface area (TPSA) is 37.3 Å². The Kier molecular flexibility index (Phi) is 2.90. The van der Waals surface area contributed by atoms with E-state index >= 15 is 0 Å². The van der Waals surface area contributed by atoms with Gasteiger partial charge in [0, 0.05) is 5.41 Å². The third kappa shape index (κ3) is 1.62. The van der Waals surface area contributed by atoms with Gasteiger partial charge in [-0.1, -0.05) is 18.6 Å². The van der Waals surface area contributed by atoms with E-state index < -0.39 is 5.60 Å². The van der Waals surface area contributed by atoms with Crippen LogP contribution >= 0.6 is 0 Å². The minimum Gasteiger partial charge on any atom is -0.390 e. The van der Waals surface area contributed by atoms with Gasteiger partial charge in [-0.2, -0.15) is 0 Å². The second kappa shape index (κ2) is 4.35. The molecule has 0 heterocycles. The summed E-state index contributed by atoms with van der Waals surface area (Å²) in [7, 11) is 0. The third-order valence-corrected chi connectivity index (χ3v) is 8.19. The molecule has 1 N–H and O–H groups in total. The van der Waals surface area contributed by atoms with E-state index in [0.717, 1.165) is 12.8 Å². The van der Waals surface area contributed by atoms with Gasteiger partial charge < -0.3 is 5.11 Å². The zero-order valence-electron chi connectivity index (χ0n) is 14.1. The van der Waals surface area contributed by atoms with Crippen molar-refractivity contribution in [1.29, 1.82) is 0 Å². The fourth-order valence-electron chi connectivity index (χ4n) is 6.62. The van der Waals surface area contributed by atoms with Gasteiger partial charge in [0.05, 0.1) is 5.60 Å². The van der Waals surface area contributed by atoms with Crippen LogP contribution in [0.4, 0.5) is 0 Å². The minimum absolute atomic E-state index is 0.0888. The molecular formula is C20H28O2. The Morgan fingerprint density at radius 1 is 1.09 bits per heavy atom. The first-order chi connectivity index (χ1) is 10.3. The van der Waals surface area contributed by atoms with Gasteiger partial charge in [-0.15, -0.1) is 0 Å².